The average Bonchev–Trinajstić information content (AvgIpc) is 2.47. The molecule has 5 nitrogen and oxygen atoms in total. The van der Waals surface area contributed by atoms with Crippen molar-refractivity contribution in [1.29, 1.82) is 0 Å². The highest BCUT2D eigenvalue weighted by Gasteiger charge is 2.51. The third-order valence-electron chi connectivity index (χ3n) is 3.22. The lowest BCUT2D eigenvalue weighted by molar-refractivity contribution is -0.147. The molecule has 2 aliphatic rings. The number of β-lactam (4-membered cyclic amide) rings is 1. The van der Waals surface area contributed by atoms with E-state index in [1.807, 2.05) is 30.3 Å². The number of hydrogen-bond donors (Lipinski definition) is 1. The number of carbonyl (C=O) groups is 2. The number of nitrogens with zero attached hydrogens (tertiary/aromatic N) is 2. The number of carboxylic acids is 1. The van der Waals surface area contributed by atoms with Crippen molar-refractivity contribution in [3.63, 3.8) is 0 Å². The van der Waals surface area contributed by atoms with Crippen LogP contribution in [0.4, 0.5) is 0 Å². The van der Waals surface area contributed by atoms with Gasteiger partial charge >= 0.3 is 5.97 Å². The fourth-order valence-electron chi connectivity index (χ4n) is 2.23. The minimum absolute atomic E-state index is 0.0740. The zero-order valence-corrected chi connectivity index (χ0v) is 11.3. The second-order valence-corrected chi connectivity index (χ2v) is 5.61. The van der Waals surface area contributed by atoms with E-state index in [0.29, 0.717) is 5.75 Å². The second kappa shape index (κ2) is 5.13. The van der Waals surface area contributed by atoms with Gasteiger partial charge in [0.1, 0.15) is 11.1 Å². The summed E-state index contributed by atoms with van der Waals surface area (Å²) in [5.74, 6) is -0.717. The fourth-order valence-corrected chi connectivity index (χ4v) is 3.41. The number of benzene rings is 1. The summed E-state index contributed by atoms with van der Waals surface area (Å²) in [6.45, 7) is 0. The predicted octanol–water partition coefficient (Wildman–Crippen LogP) is 1.36. The zero-order valence-electron chi connectivity index (χ0n) is 10.5. The van der Waals surface area contributed by atoms with Gasteiger partial charge in [-0.15, -0.1) is 11.8 Å². The Morgan fingerprint density at radius 3 is 2.85 bits per heavy atom. The average molecular weight is 288 g/mol. The van der Waals surface area contributed by atoms with Crippen LogP contribution in [0.3, 0.4) is 0 Å². The monoisotopic (exact) mass is 288 g/mol. The van der Waals surface area contributed by atoms with Crippen LogP contribution in [0, 0.1) is 0 Å². The number of rotatable bonds is 3. The van der Waals surface area contributed by atoms with Crippen LogP contribution in [0.15, 0.2) is 47.1 Å². The molecule has 1 N–H and O–H groups in total. The highest BCUT2D eigenvalue weighted by atomic mass is 32.2. The van der Waals surface area contributed by atoms with Gasteiger partial charge in [-0.25, -0.2) is 4.79 Å². The van der Waals surface area contributed by atoms with Gasteiger partial charge in [0, 0.05) is 12.0 Å². The first-order valence-corrected chi connectivity index (χ1v) is 7.20. The van der Waals surface area contributed by atoms with Gasteiger partial charge in [-0.1, -0.05) is 30.3 Å². The minimum atomic E-state index is -1.06. The molecule has 0 bridgehead atoms. The summed E-state index contributed by atoms with van der Waals surface area (Å²) >= 11 is 1.53. The van der Waals surface area contributed by atoms with Gasteiger partial charge in [0.25, 0.3) is 5.91 Å². The second-order valence-electron chi connectivity index (χ2n) is 4.46. The van der Waals surface area contributed by atoms with E-state index < -0.39 is 12.0 Å². The standard InChI is InChI=1S/C14H12N2O3S/c17-12-11(15-8-9-4-2-1-3-5-9)13-16(12)10(14(18)19)6-7-20-13/h1-6,8,11,13H,7H2,(H,18,19)/t11?,13-/m0/s1. The molecule has 2 heterocycles. The Morgan fingerprint density at radius 1 is 1.40 bits per heavy atom. The number of aliphatic carboxylic acids is 1. The van der Waals surface area contributed by atoms with E-state index in [2.05, 4.69) is 4.99 Å². The first-order valence-electron chi connectivity index (χ1n) is 6.15. The van der Waals surface area contributed by atoms with Crippen LogP contribution in [0.25, 0.3) is 0 Å². The topological polar surface area (TPSA) is 70.0 Å². The van der Waals surface area contributed by atoms with E-state index in [1.54, 1.807) is 12.3 Å². The van der Waals surface area contributed by atoms with Crippen molar-refractivity contribution in [1.82, 2.24) is 4.90 Å². The summed E-state index contributed by atoms with van der Waals surface area (Å²) in [7, 11) is 0. The molecule has 1 aromatic rings. The highest BCUT2D eigenvalue weighted by molar-refractivity contribution is 8.00. The molecule has 1 unspecified atom stereocenters. The Labute approximate surface area is 120 Å². The Balaban J connectivity index is 1.76. The van der Waals surface area contributed by atoms with Crippen LogP contribution in [0.1, 0.15) is 5.56 Å². The molecule has 1 amide bonds. The Bertz CT molecular complexity index is 612. The largest absolute Gasteiger partial charge is 0.477 e. The molecule has 0 saturated carbocycles. The summed E-state index contributed by atoms with van der Waals surface area (Å²) in [5, 5.41) is 8.87. The maximum atomic E-state index is 12.0. The van der Waals surface area contributed by atoms with Crippen molar-refractivity contribution < 1.29 is 14.7 Å². The number of fused-ring (bicyclic) bond motifs is 1. The quantitative estimate of drug-likeness (QED) is 0.673. The number of hydrogen-bond acceptors (Lipinski definition) is 4. The Hall–Kier alpha value is -2.08. The lowest BCUT2D eigenvalue weighted by Gasteiger charge is -2.46. The van der Waals surface area contributed by atoms with Gasteiger partial charge < -0.3 is 5.11 Å². The van der Waals surface area contributed by atoms with Crippen LogP contribution >= 0.6 is 11.8 Å². The molecular formula is C14H12N2O3S. The van der Waals surface area contributed by atoms with E-state index >= 15 is 0 Å². The molecule has 20 heavy (non-hydrogen) atoms. The van der Waals surface area contributed by atoms with E-state index in [-0.39, 0.29) is 17.0 Å². The Morgan fingerprint density at radius 2 is 2.15 bits per heavy atom. The van der Waals surface area contributed by atoms with Crippen LogP contribution in [0.5, 0.6) is 0 Å². The van der Waals surface area contributed by atoms with Crippen molar-refractivity contribution >= 4 is 29.9 Å². The number of aliphatic imine (C=N–C) groups is 1. The minimum Gasteiger partial charge on any atom is -0.477 e. The summed E-state index contributed by atoms with van der Waals surface area (Å²) in [4.78, 5) is 28.7. The molecule has 1 fully saturated rings. The van der Waals surface area contributed by atoms with Gasteiger partial charge in [-0.05, 0) is 11.6 Å². The van der Waals surface area contributed by atoms with Gasteiger partial charge in [-0.3, -0.25) is 14.7 Å². The van der Waals surface area contributed by atoms with E-state index in [4.69, 9.17) is 5.11 Å². The van der Waals surface area contributed by atoms with Crippen molar-refractivity contribution in [2.24, 2.45) is 4.99 Å². The molecule has 3 rings (SSSR count). The molecule has 1 aromatic carbocycles. The van der Waals surface area contributed by atoms with E-state index in [0.717, 1.165) is 5.56 Å². The lowest BCUT2D eigenvalue weighted by atomic mass is 10.1. The van der Waals surface area contributed by atoms with Gasteiger partial charge in [-0.2, -0.15) is 0 Å². The molecule has 1 saturated heterocycles. The normalized spacial score (nSPS) is 25.1. The summed E-state index contributed by atoms with van der Waals surface area (Å²) in [6, 6.07) is 9.04. The number of amides is 1. The highest BCUT2D eigenvalue weighted by Crippen LogP contribution is 2.38. The molecule has 2 atom stereocenters. The van der Waals surface area contributed by atoms with Crippen molar-refractivity contribution in [2.75, 3.05) is 5.75 Å². The summed E-state index contributed by atoms with van der Waals surface area (Å²) < 4.78 is 0. The number of carbonyl (C=O) groups excluding carboxylic acids is 1. The molecule has 0 radical (unpaired) electrons. The lowest BCUT2D eigenvalue weighted by Crippen LogP contribution is -2.63. The Kier molecular flexibility index (Phi) is 3.31. The molecule has 2 aliphatic heterocycles. The zero-order chi connectivity index (χ0) is 14.1. The van der Waals surface area contributed by atoms with Crippen LogP contribution in [-0.2, 0) is 9.59 Å². The van der Waals surface area contributed by atoms with Crippen molar-refractivity contribution in [3.05, 3.63) is 47.7 Å². The van der Waals surface area contributed by atoms with Gasteiger partial charge in [0.05, 0.1) is 0 Å². The van der Waals surface area contributed by atoms with Crippen molar-refractivity contribution in [2.45, 2.75) is 11.4 Å². The molecule has 0 aromatic heterocycles. The first-order chi connectivity index (χ1) is 9.68. The molecule has 102 valence electrons. The van der Waals surface area contributed by atoms with Gasteiger partial charge in [0.15, 0.2) is 6.04 Å². The molecule has 6 heteroatoms. The number of carboxylic acid groups (broad SMARTS) is 1. The van der Waals surface area contributed by atoms with E-state index in [9.17, 15) is 9.59 Å². The predicted molar refractivity (Wildman–Crippen MR) is 76.6 cm³/mol. The smallest absolute Gasteiger partial charge is 0.352 e. The van der Waals surface area contributed by atoms with Crippen LogP contribution in [0.2, 0.25) is 0 Å². The molecule has 0 spiro atoms. The molecular weight excluding hydrogens is 276 g/mol. The third-order valence-corrected chi connectivity index (χ3v) is 4.39. The fraction of sp³-hybridized carbons (Fsp3) is 0.214. The van der Waals surface area contributed by atoms with Crippen molar-refractivity contribution in [3.8, 4) is 0 Å². The van der Waals surface area contributed by atoms with E-state index in [1.165, 1.54) is 16.7 Å². The van der Waals surface area contributed by atoms with Crippen LogP contribution < -0.4 is 0 Å². The maximum Gasteiger partial charge on any atom is 0.352 e. The van der Waals surface area contributed by atoms with Crippen LogP contribution in [-0.4, -0.2) is 45.3 Å². The van der Waals surface area contributed by atoms with Gasteiger partial charge in [0.2, 0.25) is 0 Å². The number of thioether (sulfide) groups is 1. The first kappa shape index (κ1) is 12.9. The molecule has 0 aliphatic carbocycles. The summed E-state index contributed by atoms with van der Waals surface area (Å²) in [6.07, 6.45) is 3.23. The summed E-state index contributed by atoms with van der Waals surface area (Å²) in [5.41, 5.74) is 0.999. The SMILES string of the molecule is O=C(O)C1=CCS[C@H]2C(N=Cc3ccccc3)C(=O)N12. The maximum absolute atomic E-state index is 12.0. The third kappa shape index (κ3) is 2.12.